The molecule has 0 bridgehead atoms. The Morgan fingerprint density at radius 3 is 2.68 bits per heavy atom. The zero-order valence-corrected chi connectivity index (χ0v) is 13.8. The summed E-state index contributed by atoms with van der Waals surface area (Å²) in [5, 5.41) is 4.85. The molecule has 5 heteroatoms. The smallest absolute Gasteiger partial charge is 0.0812 e. The van der Waals surface area contributed by atoms with Gasteiger partial charge in [0.25, 0.3) is 0 Å². The van der Waals surface area contributed by atoms with Gasteiger partial charge in [0.2, 0.25) is 0 Å². The van der Waals surface area contributed by atoms with Gasteiger partial charge in [-0.25, -0.2) is 0 Å². The summed E-state index contributed by atoms with van der Waals surface area (Å²) in [6.45, 7) is 7.13. The average Bonchev–Trinajstić information content (AvgIpc) is 3.18. The summed E-state index contributed by atoms with van der Waals surface area (Å²) >= 11 is 0. The van der Waals surface area contributed by atoms with Crippen LogP contribution >= 0.6 is 0 Å². The Hall–Kier alpha value is -0.910. The van der Waals surface area contributed by atoms with Crippen molar-refractivity contribution >= 4 is 0 Å². The SMILES string of the molecule is Cn1nc(CN2CCOCC2)c2c1CCN(C1CCCC1)C2. The Labute approximate surface area is 133 Å². The molecule has 3 heterocycles. The minimum atomic E-state index is 0.824. The molecule has 5 nitrogen and oxygen atoms in total. The van der Waals surface area contributed by atoms with Crippen molar-refractivity contribution < 1.29 is 4.74 Å². The van der Waals surface area contributed by atoms with Gasteiger partial charge in [0.15, 0.2) is 0 Å². The molecular weight excluding hydrogens is 276 g/mol. The number of morpholine rings is 1. The van der Waals surface area contributed by atoms with E-state index < -0.39 is 0 Å². The van der Waals surface area contributed by atoms with Gasteiger partial charge in [-0.2, -0.15) is 5.10 Å². The van der Waals surface area contributed by atoms with Crippen LogP contribution in [0.25, 0.3) is 0 Å². The van der Waals surface area contributed by atoms with Crippen molar-refractivity contribution in [1.29, 1.82) is 0 Å². The van der Waals surface area contributed by atoms with Crippen LogP contribution < -0.4 is 0 Å². The van der Waals surface area contributed by atoms with Crippen LogP contribution in [0.15, 0.2) is 0 Å². The summed E-state index contributed by atoms with van der Waals surface area (Å²) in [6, 6.07) is 0.824. The molecule has 2 fully saturated rings. The molecule has 1 aliphatic carbocycles. The molecule has 1 aromatic heterocycles. The molecule has 0 unspecified atom stereocenters. The van der Waals surface area contributed by atoms with Gasteiger partial charge < -0.3 is 4.74 Å². The van der Waals surface area contributed by atoms with E-state index in [-0.39, 0.29) is 0 Å². The van der Waals surface area contributed by atoms with Gasteiger partial charge in [0, 0.05) is 63.5 Å². The van der Waals surface area contributed by atoms with Crippen LogP contribution in [0.5, 0.6) is 0 Å². The number of aryl methyl sites for hydroxylation is 1. The predicted molar refractivity (Wildman–Crippen MR) is 85.7 cm³/mol. The highest BCUT2D eigenvalue weighted by molar-refractivity contribution is 5.29. The molecule has 122 valence electrons. The van der Waals surface area contributed by atoms with Crippen molar-refractivity contribution in [3.63, 3.8) is 0 Å². The van der Waals surface area contributed by atoms with E-state index in [1.54, 1.807) is 0 Å². The summed E-state index contributed by atoms with van der Waals surface area (Å²) in [5.41, 5.74) is 4.30. The maximum absolute atomic E-state index is 5.46. The van der Waals surface area contributed by atoms with Crippen LogP contribution in [0.1, 0.15) is 42.6 Å². The second kappa shape index (κ2) is 6.30. The summed E-state index contributed by atoms with van der Waals surface area (Å²) in [6.07, 6.45) is 6.80. The Morgan fingerprint density at radius 1 is 1.14 bits per heavy atom. The maximum Gasteiger partial charge on any atom is 0.0812 e. The summed E-state index contributed by atoms with van der Waals surface area (Å²) in [4.78, 5) is 5.21. The lowest BCUT2D eigenvalue weighted by atomic mass is 10.0. The van der Waals surface area contributed by atoms with Crippen molar-refractivity contribution in [2.45, 2.75) is 51.2 Å². The second-order valence-corrected chi connectivity index (χ2v) is 7.04. The first-order chi connectivity index (χ1) is 10.8. The number of rotatable bonds is 3. The molecule has 0 aromatic carbocycles. The Bertz CT molecular complexity index is 515. The van der Waals surface area contributed by atoms with Crippen LogP contribution in [0.2, 0.25) is 0 Å². The highest BCUT2D eigenvalue weighted by Gasteiger charge is 2.30. The number of hydrogen-bond donors (Lipinski definition) is 0. The van der Waals surface area contributed by atoms with Crippen molar-refractivity contribution in [2.75, 3.05) is 32.8 Å². The minimum absolute atomic E-state index is 0.824. The Kier molecular flexibility index (Phi) is 4.20. The summed E-state index contributed by atoms with van der Waals surface area (Å²) < 4.78 is 7.60. The molecule has 1 saturated carbocycles. The highest BCUT2D eigenvalue weighted by Crippen LogP contribution is 2.30. The molecule has 0 spiro atoms. The van der Waals surface area contributed by atoms with E-state index in [0.717, 1.165) is 45.4 Å². The topological polar surface area (TPSA) is 33.5 Å². The molecule has 3 aliphatic rings. The number of aromatic nitrogens is 2. The molecule has 0 atom stereocenters. The molecule has 4 rings (SSSR count). The van der Waals surface area contributed by atoms with Crippen molar-refractivity contribution in [3.05, 3.63) is 17.0 Å². The maximum atomic E-state index is 5.46. The second-order valence-electron chi connectivity index (χ2n) is 7.04. The number of ether oxygens (including phenoxy) is 1. The van der Waals surface area contributed by atoms with Gasteiger partial charge >= 0.3 is 0 Å². The first kappa shape index (κ1) is 14.7. The van der Waals surface area contributed by atoms with Gasteiger partial charge in [0.05, 0.1) is 18.9 Å². The Morgan fingerprint density at radius 2 is 1.91 bits per heavy atom. The van der Waals surface area contributed by atoms with E-state index in [1.807, 2.05) is 0 Å². The summed E-state index contributed by atoms with van der Waals surface area (Å²) in [5.74, 6) is 0. The zero-order chi connectivity index (χ0) is 14.9. The molecule has 0 N–H and O–H groups in total. The highest BCUT2D eigenvalue weighted by atomic mass is 16.5. The molecule has 2 aliphatic heterocycles. The Balaban J connectivity index is 1.51. The molecule has 0 amide bonds. The third-order valence-electron chi connectivity index (χ3n) is 5.67. The molecular formula is C17H28N4O. The third kappa shape index (κ3) is 2.82. The lowest BCUT2D eigenvalue weighted by molar-refractivity contribution is 0.0333. The minimum Gasteiger partial charge on any atom is -0.379 e. The van der Waals surface area contributed by atoms with Gasteiger partial charge in [-0.1, -0.05) is 12.8 Å². The molecule has 1 aromatic rings. The normalized spacial score (nSPS) is 24.8. The molecule has 22 heavy (non-hydrogen) atoms. The van der Waals surface area contributed by atoms with Gasteiger partial charge in [-0.15, -0.1) is 0 Å². The quantitative estimate of drug-likeness (QED) is 0.848. The lowest BCUT2D eigenvalue weighted by Gasteiger charge is -2.33. The third-order valence-corrected chi connectivity index (χ3v) is 5.67. The first-order valence-electron chi connectivity index (χ1n) is 8.89. The van der Waals surface area contributed by atoms with Gasteiger partial charge in [-0.05, 0) is 12.8 Å². The van der Waals surface area contributed by atoms with E-state index in [0.29, 0.717) is 0 Å². The van der Waals surface area contributed by atoms with Crippen molar-refractivity contribution in [1.82, 2.24) is 19.6 Å². The van der Waals surface area contributed by atoms with Crippen LogP contribution in [0.4, 0.5) is 0 Å². The van der Waals surface area contributed by atoms with E-state index in [4.69, 9.17) is 9.84 Å². The van der Waals surface area contributed by atoms with E-state index >= 15 is 0 Å². The molecule has 1 saturated heterocycles. The first-order valence-corrected chi connectivity index (χ1v) is 8.89. The van der Waals surface area contributed by atoms with E-state index in [1.165, 1.54) is 55.6 Å². The zero-order valence-electron chi connectivity index (χ0n) is 13.8. The number of hydrogen-bond acceptors (Lipinski definition) is 4. The fourth-order valence-corrected chi connectivity index (χ4v) is 4.37. The largest absolute Gasteiger partial charge is 0.379 e. The van der Waals surface area contributed by atoms with E-state index in [9.17, 15) is 0 Å². The predicted octanol–water partition coefficient (Wildman–Crippen LogP) is 1.55. The average molecular weight is 304 g/mol. The standard InChI is InChI=1S/C17H28N4O/c1-19-17-6-7-21(14-4-2-3-5-14)12-15(17)16(18-19)13-20-8-10-22-11-9-20/h14H,2-13H2,1H3. The number of fused-ring (bicyclic) bond motifs is 1. The lowest BCUT2D eigenvalue weighted by Crippen LogP contribution is -2.39. The van der Waals surface area contributed by atoms with E-state index in [2.05, 4.69) is 21.5 Å². The summed E-state index contributed by atoms with van der Waals surface area (Å²) in [7, 11) is 2.12. The van der Waals surface area contributed by atoms with Crippen LogP contribution in [0.3, 0.4) is 0 Å². The van der Waals surface area contributed by atoms with Crippen LogP contribution in [-0.4, -0.2) is 58.5 Å². The monoisotopic (exact) mass is 304 g/mol. The van der Waals surface area contributed by atoms with Crippen molar-refractivity contribution in [2.24, 2.45) is 7.05 Å². The van der Waals surface area contributed by atoms with Crippen LogP contribution in [-0.2, 0) is 31.3 Å². The molecule has 0 radical (unpaired) electrons. The van der Waals surface area contributed by atoms with Gasteiger partial charge in [-0.3, -0.25) is 14.5 Å². The van der Waals surface area contributed by atoms with Gasteiger partial charge in [0.1, 0.15) is 0 Å². The van der Waals surface area contributed by atoms with Crippen LogP contribution in [0, 0.1) is 0 Å². The fraction of sp³-hybridized carbons (Fsp3) is 0.824. The van der Waals surface area contributed by atoms with Crippen molar-refractivity contribution in [3.8, 4) is 0 Å². The fourth-order valence-electron chi connectivity index (χ4n) is 4.37. The number of nitrogens with zero attached hydrogens (tertiary/aromatic N) is 4.